The molecule has 1 heterocycles. The van der Waals surface area contributed by atoms with Gasteiger partial charge >= 0.3 is 6.18 Å². The SMILES string of the molecule is CC(COCC(F)(F)F)NC(=O)C1CC(F)(F)CN1.Cl. The standard InChI is InChI=1S/C10H15F5N2O2.ClH/c1-6(3-19-5-10(13,14)15)17-8(18)7-2-9(11,12)4-16-7;/h6-7,16H,2-5H2,1H3,(H,17,18);1H. The number of amides is 1. The van der Waals surface area contributed by atoms with E-state index < -0.39 is 49.7 Å². The van der Waals surface area contributed by atoms with Gasteiger partial charge in [-0.3, -0.25) is 10.1 Å². The van der Waals surface area contributed by atoms with Crippen molar-refractivity contribution in [1.29, 1.82) is 0 Å². The lowest BCUT2D eigenvalue weighted by Crippen LogP contribution is -2.45. The molecule has 0 radical (unpaired) electrons. The fourth-order valence-electron chi connectivity index (χ4n) is 1.64. The highest BCUT2D eigenvalue weighted by Gasteiger charge is 2.42. The quantitative estimate of drug-likeness (QED) is 0.753. The Bertz CT molecular complexity index is 327. The molecule has 1 amide bonds. The van der Waals surface area contributed by atoms with Crippen LogP contribution in [0.15, 0.2) is 0 Å². The van der Waals surface area contributed by atoms with E-state index in [9.17, 15) is 26.7 Å². The summed E-state index contributed by atoms with van der Waals surface area (Å²) in [5.41, 5.74) is 0. The number of carbonyl (C=O) groups is 1. The summed E-state index contributed by atoms with van der Waals surface area (Å²) in [5.74, 6) is -3.60. The van der Waals surface area contributed by atoms with Crippen LogP contribution in [0.25, 0.3) is 0 Å². The van der Waals surface area contributed by atoms with Gasteiger partial charge in [0.2, 0.25) is 5.91 Å². The first-order valence-corrected chi connectivity index (χ1v) is 5.65. The van der Waals surface area contributed by atoms with E-state index in [1.54, 1.807) is 0 Å². The van der Waals surface area contributed by atoms with Crippen molar-refractivity contribution >= 4 is 18.3 Å². The third-order valence-electron chi connectivity index (χ3n) is 2.45. The molecular weight excluding hydrogens is 311 g/mol. The number of ether oxygens (including phenoxy) is 1. The Balaban J connectivity index is 0.00000361. The van der Waals surface area contributed by atoms with Crippen molar-refractivity contribution in [3.63, 3.8) is 0 Å². The third kappa shape index (κ3) is 7.20. The number of rotatable bonds is 5. The first kappa shape index (κ1) is 19.3. The number of hydrogen-bond acceptors (Lipinski definition) is 3. The van der Waals surface area contributed by atoms with Crippen LogP contribution in [0.2, 0.25) is 0 Å². The van der Waals surface area contributed by atoms with Crippen LogP contribution in [0.4, 0.5) is 22.0 Å². The first-order chi connectivity index (χ1) is 8.59. The molecule has 1 aliphatic heterocycles. The van der Waals surface area contributed by atoms with Crippen LogP contribution in [0.3, 0.4) is 0 Å². The second-order valence-electron chi connectivity index (χ2n) is 4.53. The van der Waals surface area contributed by atoms with Gasteiger partial charge in [-0.15, -0.1) is 12.4 Å². The van der Waals surface area contributed by atoms with Crippen molar-refractivity contribution in [2.45, 2.75) is 37.5 Å². The Labute approximate surface area is 118 Å². The minimum absolute atomic E-state index is 0. The zero-order valence-corrected chi connectivity index (χ0v) is 11.4. The van der Waals surface area contributed by atoms with Gasteiger partial charge < -0.3 is 10.1 Å². The van der Waals surface area contributed by atoms with Crippen molar-refractivity contribution in [2.75, 3.05) is 19.8 Å². The third-order valence-corrected chi connectivity index (χ3v) is 2.45. The molecule has 1 saturated heterocycles. The summed E-state index contributed by atoms with van der Waals surface area (Å²) in [5, 5.41) is 4.67. The van der Waals surface area contributed by atoms with Crippen LogP contribution >= 0.6 is 12.4 Å². The Morgan fingerprint density at radius 1 is 1.50 bits per heavy atom. The molecule has 0 saturated carbocycles. The maximum Gasteiger partial charge on any atom is 0.411 e. The number of carbonyl (C=O) groups excluding carboxylic acids is 1. The molecule has 2 atom stereocenters. The first-order valence-electron chi connectivity index (χ1n) is 5.65. The topological polar surface area (TPSA) is 50.4 Å². The zero-order valence-electron chi connectivity index (χ0n) is 10.6. The molecule has 1 aliphatic rings. The predicted octanol–water partition coefficient (Wildman–Crippen LogP) is 1.49. The Hall–Kier alpha value is -0.670. The molecule has 0 aliphatic carbocycles. The van der Waals surface area contributed by atoms with E-state index in [0.717, 1.165) is 0 Å². The average molecular weight is 327 g/mol. The van der Waals surface area contributed by atoms with Crippen molar-refractivity contribution < 1.29 is 31.5 Å². The highest BCUT2D eigenvalue weighted by Crippen LogP contribution is 2.25. The molecule has 20 heavy (non-hydrogen) atoms. The lowest BCUT2D eigenvalue weighted by molar-refractivity contribution is -0.175. The van der Waals surface area contributed by atoms with Crippen LogP contribution in [-0.2, 0) is 9.53 Å². The van der Waals surface area contributed by atoms with E-state index >= 15 is 0 Å². The fourth-order valence-corrected chi connectivity index (χ4v) is 1.64. The van der Waals surface area contributed by atoms with Crippen molar-refractivity contribution in [3.05, 3.63) is 0 Å². The molecule has 0 spiro atoms. The molecule has 2 N–H and O–H groups in total. The maximum absolute atomic E-state index is 12.8. The highest BCUT2D eigenvalue weighted by molar-refractivity contribution is 5.85. The minimum atomic E-state index is -4.43. The summed E-state index contributed by atoms with van der Waals surface area (Å²) in [6, 6.07) is -1.72. The van der Waals surface area contributed by atoms with E-state index in [4.69, 9.17) is 0 Å². The lowest BCUT2D eigenvalue weighted by Gasteiger charge is -2.17. The van der Waals surface area contributed by atoms with Gasteiger partial charge in [0.1, 0.15) is 6.61 Å². The molecule has 0 aromatic rings. The van der Waals surface area contributed by atoms with Gasteiger partial charge in [-0.25, -0.2) is 8.78 Å². The molecule has 1 rings (SSSR count). The van der Waals surface area contributed by atoms with E-state index in [0.29, 0.717) is 0 Å². The zero-order chi connectivity index (χ0) is 14.7. The second kappa shape index (κ2) is 7.37. The molecule has 4 nitrogen and oxygen atoms in total. The molecule has 2 unspecified atom stereocenters. The predicted molar refractivity (Wildman–Crippen MR) is 63.1 cm³/mol. The Kier molecular flexibility index (Phi) is 7.12. The largest absolute Gasteiger partial charge is 0.411 e. The molecule has 0 aromatic carbocycles. The molecular formula is C10H16ClF5N2O2. The van der Waals surface area contributed by atoms with Gasteiger partial charge in [-0.05, 0) is 6.92 Å². The normalized spacial score (nSPS) is 23.0. The molecule has 0 bridgehead atoms. The van der Waals surface area contributed by atoms with Gasteiger partial charge in [0.25, 0.3) is 5.92 Å². The van der Waals surface area contributed by atoms with Gasteiger partial charge in [-0.1, -0.05) is 0 Å². The minimum Gasteiger partial charge on any atom is -0.370 e. The van der Waals surface area contributed by atoms with E-state index in [2.05, 4.69) is 15.4 Å². The fraction of sp³-hybridized carbons (Fsp3) is 0.900. The summed E-state index contributed by atoms with van der Waals surface area (Å²) in [6.45, 7) is -0.896. The van der Waals surface area contributed by atoms with E-state index in [1.807, 2.05) is 0 Å². The molecule has 0 aromatic heterocycles. The average Bonchev–Trinajstić information content (AvgIpc) is 2.56. The number of nitrogens with one attached hydrogen (secondary N) is 2. The summed E-state index contributed by atoms with van der Waals surface area (Å²) >= 11 is 0. The molecule has 1 fully saturated rings. The van der Waals surface area contributed by atoms with E-state index in [1.165, 1.54) is 6.92 Å². The van der Waals surface area contributed by atoms with Gasteiger partial charge in [0.15, 0.2) is 0 Å². The maximum atomic E-state index is 12.8. The van der Waals surface area contributed by atoms with E-state index in [-0.39, 0.29) is 19.0 Å². The second-order valence-corrected chi connectivity index (χ2v) is 4.53. The van der Waals surface area contributed by atoms with Crippen LogP contribution in [0.1, 0.15) is 13.3 Å². The number of hydrogen-bond donors (Lipinski definition) is 2. The summed E-state index contributed by atoms with van der Waals surface area (Å²) < 4.78 is 65.4. The van der Waals surface area contributed by atoms with Crippen molar-refractivity contribution in [2.24, 2.45) is 0 Å². The van der Waals surface area contributed by atoms with Crippen LogP contribution < -0.4 is 10.6 Å². The molecule has 10 heteroatoms. The highest BCUT2D eigenvalue weighted by atomic mass is 35.5. The lowest BCUT2D eigenvalue weighted by atomic mass is 10.1. The molecule has 120 valence electrons. The Morgan fingerprint density at radius 3 is 2.55 bits per heavy atom. The number of halogens is 6. The van der Waals surface area contributed by atoms with Gasteiger partial charge in [0, 0.05) is 12.5 Å². The van der Waals surface area contributed by atoms with Gasteiger partial charge in [-0.2, -0.15) is 13.2 Å². The van der Waals surface area contributed by atoms with Crippen molar-refractivity contribution in [3.8, 4) is 0 Å². The van der Waals surface area contributed by atoms with Crippen molar-refractivity contribution in [1.82, 2.24) is 10.6 Å². The van der Waals surface area contributed by atoms with Crippen LogP contribution in [0.5, 0.6) is 0 Å². The summed E-state index contributed by atoms with van der Waals surface area (Å²) in [7, 11) is 0. The smallest absolute Gasteiger partial charge is 0.370 e. The summed E-state index contributed by atoms with van der Waals surface area (Å²) in [4.78, 5) is 11.5. The monoisotopic (exact) mass is 326 g/mol. The summed E-state index contributed by atoms with van der Waals surface area (Å²) in [6.07, 6.45) is -5.05. The van der Waals surface area contributed by atoms with Crippen LogP contribution in [0, 0.1) is 0 Å². The number of alkyl halides is 5. The Morgan fingerprint density at radius 2 is 2.10 bits per heavy atom. The van der Waals surface area contributed by atoms with Crippen LogP contribution in [-0.4, -0.2) is 49.8 Å². The van der Waals surface area contributed by atoms with Gasteiger partial charge in [0.05, 0.1) is 19.2 Å².